The van der Waals surface area contributed by atoms with Crippen molar-refractivity contribution < 1.29 is 27.9 Å². The highest BCUT2D eigenvalue weighted by Crippen LogP contribution is 2.75. The number of alkyl halides is 2. The zero-order valence-electron chi connectivity index (χ0n) is 24.2. The number of fused-ring (bicyclic) bond motifs is 7. The van der Waals surface area contributed by atoms with Crippen LogP contribution in [0.3, 0.4) is 0 Å². The Morgan fingerprint density at radius 1 is 1.05 bits per heavy atom. The van der Waals surface area contributed by atoms with E-state index in [9.17, 15) is 28.4 Å². The molecule has 0 radical (unpaired) electrons. The number of nitriles is 1. The van der Waals surface area contributed by atoms with Crippen molar-refractivity contribution in [3.63, 3.8) is 0 Å². The summed E-state index contributed by atoms with van der Waals surface area (Å²) in [6.07, 6.45) is 4.84. The lowest BCUT2D eigenvalue weighted by Gasteiger charge is -2.68. The summed E-state index contributed by atoms with van der Waals surface area (Å²) in [4.78, 5) is 40.9. The van der Waals surface area contributed by atoms with Crippen molar-refractivity contribution >= 4 is 17.5 Å². The van der Waals surface area contributed by atoms with Gasteiger partial charge in [-0.3, -0.25) is 14.4 Å². The van der Waals surface area contributed by atoms with E-state index in [-0.39, 0.29) is 28.7 Å². The van der Waals surface area contributed by atoms with Gasteiger partial charge in [-0.05, 0) is 86.0 Å². The number of Topliss-reactive ketones (excluding diaryl/α,β-unsaturated/α-hetero) is 1. The van der Waals surface area contributed by atoms with Gasteiger partial charge in [0.15, 0.2) is 11.6 Å². The Morgan fingerprint density at radius 2 is 1.69 bits per heavy atom. The number of hydrogen-bond donors (Lipinski definition) is 0. The number of carbonyl (C=O) groups is 3. The van der Waals surface area contributed by atoms with Crippen LogP contribution in [0.1, 0.15) is 86.5 Å². The number of ketones is 2. The Hall–Kier alpha value is -2.36. The van der Waals surface area contributed by atoms with Gasteiger partial charge in [-0.1, -0.05) is 46.3 Å². The van der Waals surface area contributed by atoms with Crippen LogP contribution in [0.5, 0.6) is 0 Å². The molecule has 8 atom stereocenters. The Kier molecular flexibility index (Phi) is 6.02. The first-order chi connectivity index (χ1) is 18.0. The van der Waals surface area contributed by atoms with E-state index in [1.54, 1.807) is 12.2 Å². The van der Waals surface area contributed by atoms with Gasteiger partial charge in [0.05, 0.1) is 23.5 Å². The third kappa shape index (κ3) is 3.29. The summed E-state index contributed by atoms with van der Waals surface area (Å²) in [5.41, 5.74) is -4.29. The molecule has 5 aliphatic rings. The molecule has 0 amide bonds. The van der Waals surface area contributed by atoms with Crippen LogP contribution in [0.15, 0.2) is 23.3 Å². The van der Waals surface area contributed by atoms with E-state index in [1.807, 2.05) is 13.0 Å². The molecule has 0 saturated heterocycles. The average Bonchev–Trinajstić information content (AvgIpc) is 2.86. The van der Waals surface area contributed by atoms with Crippen LogP contribution in [0.4, 0.5) is 8.78 Å². The van der Waals surface area contributed by atoms with Crippen LogP contribution in [0.2, 0.25) is 0 Å². The van der Waals surface area contributed by atoms with Crippen LogP contribution in [-0.2, 0) is 19.1 Å². The van der Waals surface area contributed by atoms with Crippen LogP contribution < -0.4 is 0 Å². The minimum Gasteiger partial charge on any atom is -0.469 e. The molecule has 5 nitrogen and oxygen atoms in total. The number of ether oxygens (including phenoxy) is 1. The number of methoxy groups -OCH3 is 1. The lowest BCUT2D eigenvalue weighted by Crippen LogP contribution is -2.66. The number of rotatable bonds is 2. The van der Waals surface area contributed by atoms with Gasteiger partial charge in [0.2, 0.25) is 0 Å². The topological polar surface area (TPSA) is 84.2 Å². The van der Waals surface area contributed by atoms with Crippen LogP contribution in [0.25, 0.3) is 0 Å². The molecule has 0 bridgehead atoms. The van der Waals surface area contributed by atoms with Gasteiger partial charge in [0.25, 0.3) is 6.43 Å². The predicted molar refractivity (Wildman–Crippen MR) is 141 cm³/mol. The standard InChI is InChI=1S/C32H41F2NO4/c1-27(2)10-12-32(26(38)39-7)13-11-30(5)23(19(32)16-27)20(36)14-22-28(3)15-18(17-35)24(37)31(6,25(33)34)21(28)8-9-29(22,30)4/h14-15,19,21,23,25H,8-13,16H2,1-7H3/t19?,21-,23?,28+,29-,30-,31+,32+/m1/s1. The summed E-state index contributed by atoms with van der Waals surface area (Å²) in [5, 5.41) is 9.80. The maximum Gasteiger partial charge on any atom is 0.312 e. The zero-order valence-corrected chi connectivity index (χ0v) is 24.2. The number of halogens is 2. The van der Waals surface area contributed by atoms with Crippen molar-refractivity contribution in [3.8, 4) is 6.07 Å². The Balaban J connectivity index is 1.71. The summed E-state index contributed by atoms with van der Waals surface area (Å²) in [6.45, 7) is 11.8. The molecule has 0 aliphatic heterocycles. The molecule has 5 rings (SSSR count). The normalized spacial score (nSPS) is 46.5. The van der Waals surface area contributed by atoms with Crippen molar-refractivity contribution in [2.45, 2.75) is 92.9 Å². The van der Waals surface area contributed by atoms with E-state index in [1.165, 1.54) is 14.0 Å². The van der Waals surface area contributed by atoms with E-state index in [0.717, 1.165) is 18.4 Å². The molecule has 3 saturated carbocycles. The largest absolute Gasteiger partial charge is 0.469 e. The van der Waals surface area contributed by atoms with Gasteiger partial charge in [-0.25, -0.2) is 8.78 Å². The number of nitrogens with zero attached hydrogens (tertiary/aromatic N) is 1. The molecule has 7 heteroatoms. The highest BCUT2D eigenvalue weighted by atomic mass is 19.3. The molecule has 0 spiro atoms. The fraction of sp³-hybridized carbons (Fsp3) is 0.750. The molecule has 0 aromatic rings. The summed E-state index contributed by atoms with van der Waals surface area (Å²) in [6, 6.07) is 1.89. The van der Waals surface area contributed by atoms with E-state index in [4.69, 9.17) is 4.74 Å². The predicted octanol–water partition coefficient (Wildman–Crippen LogP) is 6.62. The summed E-state index contributed by atoms with van der Waals surface area (Å²) in [5.74, 6) is -2.40. The maximum atomic E-state index is 14.7. The smallest absolute Gasteiger partial charge is 0.312 e. The van der Waals surface area contributed by atoms with Crippen LogP contribution in [0, 0.1) is 61.6 Å². The Labute approximate surface area is 230 Å². The first kappa shape index (κ1) is 28.2. The molecule has 5 aliphatic carbocycles. The monoisotopic (exact) mass is 541 g/mol. The van der Waals surface area contributed by atoms with Crippen LogP contribution in [-0.4, -0.2) is 31.1 Å². The molecule has 0 aromatic carbocycles. The van der Waals surface area contributed by atoms with E-state index < -0.39 is 51.1 Å². The molecule has 2 unspecified atom stereocenters. The number of allylic oxidation sites excluding steroid dienone is 4. The molecule has 39 heavy (non-hydrogen) atoms. The minimum absolute atomic E-state index is 0.0253. The SMILES string of the molecule is COC(=O)[C@]12CCC(C)(C)CC1C1C(=O)C=C3[C@@]4(C)C=C(C#N)C(=O)[C@@](C)(C(F)F)[C@@H]4CC[C@@]3(C)[C@]1(C)CC2. The molecule has 0 heterocycles. The number of esters is 1. The number of carbonyl (C=O) groups excluding carboxylic acids is 3. The Morgan fingerprint density at radius 3 is 2.28 bits per heavy atom. The van der Waals surface area contributed by atoms with Gasteiger partial charge in [-0.15, -0.1) is 0 Å². The van der Waals surface area contributed by atoms with E-state index in [0.29, 0.717) is 32.1 Å². The molecule has 0 N–H and O–H groups in total. The lowest BCUT2D eigenvalue weighted by atomic mass is 9.34. The third-order valence-electron chi connectivity index (χ3n) is 12.7. The van der Waals surface area contributed by atoms with Gasteiger partial charge in [-0.2, -0.15) is 5.26 Å². The number of hydrogen-bond acceptors (Lipinski definition) is 5. The van der Waals surface area contributed by atoms with Crippen molar-refractivity contribution in [3.05, 3.63) is 23.3 Å². The summed E-state index contributed by atoms with van der Waals surface area (Å²) >= 11 is 0. The Bertz CT molecular complexity index is 1260. The molecular formula is C32H41F2NO4. The molecule has 3 fully saturated rings. The molecule has 212 valence electrons. The lowest BCUT2D eigenvalue weighted by molar-refractivity contribution is -0.192. The zero-order chi connectivity index (χ0) is 29.0. The minimum atomic E-state index is -2.93. The van der Waals surface area contributed by atoms with Crippen molar-refractivity contribution in [2.24, 2.45) is 50.2 Å². The fourth-order valence-electron chi connectivity index (χ4n) is 10.2. The summed E-state index contributed by atoms with van der Waals surface area (Å²) in [7, 11) is 1.43. The van der Waals surface area contributed by atoms with Gasteiger partial charge in [0, 0.05) is 11.3 Å². The third-order valence-corrected chi connectivity index (χ3v) is 12.7. The highest BCUT2D eigenvalue weighted by molar-refractivity contribution is 6.05. The van der Waals surface area contributed by atoms with Crippen LogP contribution >= 0.6 is 0 Å². The fourth-order valence-corrected chi connectivity index (χ4v) is 10.2. The van der Waals surface area contributed by atoms with Gasteiger partial charge >= 0.3 is 5.97 Å². The first-order valence-corrected chi connectivity index (χ1v) is 14.3. The van der Waals surface area contributed by atoms with Crippen molar-refractivity contribution in [1.29, 1.82) is 5.26 Å². The van der Waals surface area contributed by atoms with Crippen molar-refractivity contribution in [2.75, 3.05) is 7.11 Å². The quantitative estimate of drug-likeness (QED) is 0.367. The first-order valence-electron chi connectivity index (χ1n) is 14.3. The second-order valence-corrected chi connectivity index (χ2v) is 14.8. The summed E-state index contributed by atoms with van der Waals surface area (Å²) < 4.78 is 34.7. The van der Waals surface area contributed by atoms with Crippen molar-refractivity contribution in [1.82, 2.24) is 0 Å². The van der Waals surface area contributed by atoms with E-state index >= 15 is 0 Å². The average molecular weight is 542 g/mol. The molecular weight excluding hydrogens is 500 g/mol. The second-order valence-electron chi connectivity index (χ2n) is 14.8. The van der Waals surface area contributed by atoms with Gasteiger partial charge < -0.3 is 4.74 Å². The highest BCUT2D eigenvalue weighted by Gasteiger charge is 2.72. The molecule has 0 aromatic heterocycles. The van der Waals surface area contributed by atoms with E-state index in [2.05, 4.69) is 27.7 Å². The van der Waals surface area contributed by atoms with Gasteiger partial charge in [0.1, 0.15) is 6.07 Å². The second kappa shape index (κ2) is 8.33. The maximum absolute atomic E-state index is 14.7.